The van der Waals surface area contributed by atoms with Gasteiger partial charge in [0.25, 0.3) is 0 Å². The normalized spacial score (nSPS) is 10.5. The van der Waals surface area contributed by atoms with Crippen LogP contribution in [0.25, 0.3) is 0 Å². The molecule has 0 saturated heterocycles. The average Bonchev–Trinajstić information content (AvgIpc) is 3.03. The minimum atomic E-state index is -0.410. The zero-order chi connectivity index (χ0) is 17.6. The quantitative estimate of drug-likeness (QED) is 0.537. The van der Waals surface area contributed by atoms with Crippen molar-refractivity contribution in [2.75, 3.05) is 6.61 Å². The lowest BCUT2D eigenvalue weighted by molar-refractivity contribution is 0.0508. The molecule has 0 aliphatic rings. The SMILES string of the molecule is Cc1nc(CCOC(=O)c2ccc(Oc3ccccc3Br)nc2)cs1. The van der Waals surface area contributed by atoms with Crippen LogP contribution in [-0.4, -0.2) is 22.5 Å². The number of nitrogens with zero attached hydrogens (tertiary/aromatic N) is 2. The van der Waals surface area contributed by atoms with Crippen molar-refractivity contribution < 1.29 is 14.3 Å². The summed E-state index contributed by atoms with van der Waals surface area (Å²) in [4.78, 5) is 20.5. The first kappa shape index (κ1) is 17.6. The van der Waals surface area contributed by atoms with Crippen LogP contribution in [0, 0.1) is 6.92 Å². The summed E-state index contributed by atoms with van der Waals surface area (Å²) in [6.07, 6.45) is 2.05. The molecule has 1 aromatic carbocycles. The Morgan fingerprint density at radius 1 is 1.24 bits per heavy atom. The summed E-state index contributed by atoms with van der Waals surface area (Å²) >= 11 is 4.99. The molecule has 2 aromatic heterocycles. The van der Waals surface area contributed by atoms with E-state index in [-0.39, 0.29) is 6.61 Å². The topological polar surface area (TPSA) is 61.3 Å². The number of carbonyl (C=O) groups is 1. The first-order chi connectivity index (χ1) is 12.1. The van der Waals surface area contributed by atoms with Gasteiger partial charge in [-0.2, -0.15) is 0 Å². The number of thiazole rings is 1. The van der Waals surface area contributed by atoms with E-state index in [1.807, 2.05) is 36.6 Å². The van der Waals surface area contributed by atoms with Crippen molar-refractivity contribution in [3.05, 3.63) is 68.7 Å². The Labute approximate surface area is 157 Å². The Kier molecular flexibility index (Phi) is 5.78. The third-order valence-electron chi connectivity index (χ3n) is 3.28. The number of rotatable bonds is 6. The van der Waals surface area contributed by atoms with Crippen molar-refractivity contribution >= 4 is 33.2 Å². The Balaban J connectivity index is 1.54. The number of hydrogen-bond donors (Lipinski definition) is 0. The van der Waals surface area contributed by atoms with Crippen LogP contribution in [0.15, 0.2) is 52.4 Å². The molecule has 3 aromatic rings. The van der Waals surface area contributed by atoms with E-state index in [9.17, 15) is 4.79 Å². The predicted octanol–water partition coefficient (Wildman–Crippen LogP) is 4.80. The Hall–Kier alpha value is -2.25. The third-order valence-corrected chi connectivity index (χ3v) is 4.76. The number of benzene rings is 1. The monoisotopic (exact) mass is 418 g/mol. The van der Waals surface area contributed by atoms with Gasteiger partial charge in [-0.25, -0.2) is 14.8 Å². The van der Waals surface area contributed by atoms with E-state index in [4.69, 9.17) is 9.47 Å². The van der Waals surface area contributed by atoms with Gasteiger partial charge in [-0.05, 0) is 41.1 Å². The number of aromatic nitrogens is 2. The predicted molar refractivity (Wildman–Crippen MR) is 99.3 cm³/mol. The lowest BCUT2D eigenvalue weighted by atomic mass is 10.3. The van der Waals surface area contributed by atoms with Gasteiger partial charge in [0.15, 0.2) is 0 Å². The number of pyridine rings is 1. The van der Waals surface area contributed by atoms with Gasteiger partial charge in [0, 0.05) is 24.1 Å². The van der Waals surface area contributed by atoms with Crippen molar-refractivity contribution in [3.8, 4) is 11.6 Å². The molecule has 0 spiro atoms. The van der Waals surface area contributed by atoms with Gasteiger partial charge in [-0.1, -0.05) is 12.1 Å². The molecule has 0 amide bonds. The number of ether oxygens (including phenoxy) is 2. The lowest BCUT2D eigenvalue weighted by Crippen LogP contribution is -2.08. The number of para-hydroxylation sites is 1. The molecular formula is C18H15BrN2O3S. The van der Waals surface area contributed by atoms with E-state index >= 15 is 0 Å². The molecule has 0 atom stereocenters. The molecule has 0 aliphatic carbocycles. The van der Waals surface area contributed by atoms with Gasteiger partial charge >= 0.3 is 5.97 Å². The highest BCUT2D eigenvalue weighted by atomic mass is 79.9. The molecule has 128 valence electrons. The van der Waals surface area contributed by atoms with Gasteiger partial charge in [0.2, 0.25) is 5.88 Å². The number of esters is 1. The first-order valence-corrected chi connectivity index (χ1v) is 9.25. The molecule has 0 radical (unpaired) electrons. The molecule has 0 bridgehead atoms. The van der Waals surface area contributed by atoms with Gasteiger partial charge < -0.3 is 9.47 Å². The summed E-state index contributed by atoms with van der Waals surface area (Å²) in [5.41, 5.74) is 1.32. The average molecular weight is 419 g/mol. The van der Waals surface area contributed by atoms with Gasteiger partial charge in [0.1, 0.15) is 5.75 Å². The minimum absolute atomic E-state index is 0.289. The third kappa shape index (κ3) is 4.87. The smallest absolute Gasteiger partial charge is 0.339 e. The van der Waals surface area contributed by atoms with Gasteiger partial charge in [0.05, 0.1) is 27.3 Å². The zero-order valence-electron chi connectivity index (χ0n) is 13.4. The second-order valence-electron chi connectivity index (χ2n) is 5.16. The lowest BCUT2D eigenvalue weighted by Gasteiger charge is -2.07. The highest BCUT2D eigenvalue weighted by molar-refractivity contribution is 9.10. The van der Waals surface area contributed by atoms with Crippen LogP contribution in [0.5, 0.6) is 11.6 Å². The first-order valence-electron chi connectivity index (χ1n) is 7.58. The molecule has 0 N–H and O–H groups in total. The molecule has 2 heterocycles. The molecule has 0 unspecified atom stereocenters. The molecule has 5 nitrogen and oxygen atoms in total. The largest absolute Gasteiger partial charge is 0.462 e. The maximum absolute atomic E-state index is 12.0. The van der Waals surface area contributed by atoms with E-state index in [1.165, 1.54) is 6.20 Å². The maximum Gasteiger partial charge on any atom is 0.339 e. The minimum Gasteiger partial charge on any atom is -0.462 e. The Morgan fingerprint density at radius 3 is 2.76 bits per heavy atom. The van der Waals surface area contributed by atoms with Crippen molar-refractivity contribution in [2.24, 2.45) is 0 Å². The van der Waals surface area contributed by atoms with Crippen LogP contribution in [0.4, 0.5) is 0 Å². The summed E-state index contributed by atoms with van der Waals surface area (Å²) in [7, 11) is 0. The van der Waals surface area contributed by atoms with Crippen molar-refractivity contribution in [1.29, 1.82) is 0 Å². The summed E-state index contributed by atoms with van der Waals surface area (Å²) in [6.45, 7) is 2.24. The summed E-state index contributed by atoms with van der Waals surface area (Å²) in [5.74, 6) is 0.650. The molecule has 0 aliphatic heterocycles. The highest BCUT2D eigenvalue weighted by Gasteiger charge is 2.10. The van der Waals surface area contributed by atoms with Crippen LogP contribution < -0.4 is 4.74 Å². The van der Waals surface area contributed by atoms with Crippen LogP contribution in [0.1, 0.15) is 21.1 Å². The molecule has 0 saturated carbocycles. The highest BCUT2D eigenvalue weighted by Crippen LogP contribution is 2.28. The molecule has 25 heavy (non-hydrogen) atoms. The van der Waals surface area contributed by atoms with Crippen LogP contribution >= 0.6 is 27.3 Å². The fraction of sp³-hybridized carbons (Fsp3) is 0.167. The number of halogens is 1. The molecular weight excluding hydrogens is 404 g/mol. The van der Waals surface area contributed by atoms with E-state index in [0.29, 0.717) is 23.6 Å². The standard InChI is InChI=1S/C18H15BrN2O3S/c1-12-21-14(11-25-12)8-9-23-18(22)13-6-7-17(20-10-13)24-16-5-3-2-4-15(16)19/h2-7,10-11H,8-9H2,1H3. The summed E-state index contributed by atoms with van der Waals surface area (Å²) < 4.78 is 11.8. The fourth-order valence-corrected chi connectivity index (χ4v) is 3.07. The van der Waals surface area contributed by atoms with Crippen molar-refractivity contribution in [2.45, 2.75) is 13.3 Å². The van der Waals surface area contributed by atoms with Crippen LogP contribution in [0.3, 0.4) is 0 Å². The van der Waals surface area contributed by atoms with E-state index in [0.717, 1.165) is 15.2 Å². The Bertz CT molecular complexity index is 865. The molecule has 3 rings (SSSR count). The van der Waals surface area contributed by atoms with E-state index in [1.54, 1.807) is 23.5 Å². The molecule has 7 heteroatoms. The van der Waals surface area contributed by atoms with E-state index in [2.05, 4.69) is 25.9 Å². The maximum atomic E-state index is 12.0. The second-order valence-corrected chi connectivity index (χ2v) is 7.08. The fourth-order valence-electron chi connectivity index (χ4n) is 2.06. The zero-order valence-corrected chi connectivity index (χ0v) is 15.8. The number of hydrogen-bond acceptors (Lipinski definition) is 6. The van der Waals surface area contributed by atoms with E-state index < -0.39 is 5.97 Å². The van der Waals surface area contributed by atoms with Gasteiger partial charge in [-0.3, -0.25) is 0 Å². The summed E-state index contributed by atoms with van der Waals surface area (Å²) in [6, 6.07) is 10.7. The van der Waals surface area contributed by atoms with Crippen molar-refractivity contribution in [3.63, 3.8) is 0 Å². The van der Waals surface area contributed by atoms with Crippen molar-refractivity contribution in [1.82, 2.24) is 9.97 Å². The number of carbonyl (C=O) groups excluding carboxylic acids is 1. The molecule has 0 fully saturated rings. The van der Waals surface area contributed by atoms with Gasteiger partial charge in [-0.15, -0.1) is 11.3 Å². The number of aryl methyl sites for hydroxylation is 1. The van der Waals surface area contributed by atoms with Crippen LogP contribution in [-0.2, 0) is 11.2 Å². The van der Waals surface area contributed by atoms with Crippen LogP contribution in [0.2, 0.25) is 0 Å². The Morgan fingerprint density at radius 2 is 2.08 bits per heavy atom. The second kappa shape index (κ2) is 8.22. The summed E-state index contributed by atoms with van der Waals surface area (Å²) in [5, 5.41) is 2.98.